The van der Waals surface area contributed by atoms with E-state index in [4.69, 9.17) is 19.0 Å². The molecule has 0 saturated heterocycles. The number of fused-ring (bicyclic) bond motifs is 2. The van der Waals surface area contributed by atoms with Crippen molar-refractivity contribution >= 4 is 23.3 Å². The van der Waals surface area contributed by atoms with Crippen molar-refractivity contribution in [1.82, 2.24) is 0 Å². The summed E-state index contributed by atoms with van der Waals surface area (Å²) in [6, 6.07) is 7.50. The topological polar surface area (TPSA) is 120 Å². The van der Waals surface area contributed by atoms with Gasteiger partial charge >= 0.3 is 5.97 Å². The Kier molecular flexibility index (Phi) is 5.58. The molecular formula is C19H16O8. The summed E-state index contributed by atoms with van der Waals surface area (Å²) in [6.07, 6.45) is -0.596. The lowest BCUT2D eigenvalue weighted by atomic mass is 9.88. The van der Waals surface area contributed by atoms with Gasteiger partial charge in [-0.25, -0.2) is 0 Å². The number of hydrogen-bond donors (Lipinski definition) is 1. The van der Waals surface area contributed by atoms with Crippen LogP contribution in [-0.4, -0.2) is 54.9 Å². The van der Waals surface area contributed by atoms with Crippen LogP contribution in [0.1, 0.15) is 49.0 Å². The van der Waals surface area contributed by atoms with Crippen molar-refractivity contribution < 1.29 is 38.2 Å². The van der Waals surface area contributed by atoms with E-state index < -0.39 is 29.7 Å². The third-order valence-electron chi connectivity index (χ3n) is 3.91. The van der Waals surface area contributed by atoms with Crippen molar-refractivity contribution in [2.45, 2.75) is 6.42 Å². The van der Waals surface area contributed by atoms with E-state index in [1.807, 2.05) is 0 Å². The number of hydrogen-bond acceptors (Lipinski definition) is 8. The smallest absolute Gasteiger partial charge is 0.313 e. The molecule has 1 aromatic heterocycles. The highest BCUT2D eigenvalue weighted by atomic mass is 16.6. The number of Topliss-reactive ketones (excluding diaryl/α,β-unsaturated/α-hetero) is 1. The van der Waals surface area contributed by atoms with E-state index in [0.717, 1.165) is 0 Å². The number of carbonyl (C=O) groups excluding carboxylic acids is 4. The zero-order valence-electron chi connectivity index (χ0n) is 14.2. The fraction of sp³-hybridized carbons (Fsp3) is 0.263. The summed E-state index contributed by atoms with van der Waals surface area (Å²) in [7, 11) is 0. The maximum atomic E-state index is 12.5. The predicted molar refractivity (Wildman–Crippen MR) is 89.8 cm³/mol. The van der Waals surface area contributed by atoms with Crippen LogP contribution in [0, 0.1) is 0 Å². The molecular weight excluding hydrogens is 356 g/mol. The summed E-state index contributed by atoms with van der Waals surface area (Å²) in [5.74, 6) is -2.83. The average Bonchev–Trinajstić information content (AvgIpc) is 3.12. The lowest BCUT2D eigenvalue weighted by molar-refractivity contribution is -0.144. The van der Waals surface area contributed by atoms with E-state index in [1.165, 1.54) is 18.2 Å². The molecule has 140 valence electrons. The van der Waals surface area contributed by atoms with E-state index in [-0.39, 0.29) is 54.6 Å². The molecule has 8 heteroatoms. The van der Waals surface area contributed by atoms with E-state index in [9.17, 15) is 19.2 Å². The van der Waals surface area contributed by atoms with Crippen LogP contribution in [0.15, 0.2) is 34.7 Å². The van der Waals surface area contributed by atoms with E-state index in [0.29, 0.717) is 0 Å². The molecule has 0 atom stereocenters. The van der Waals surface area contributed by atoms with Crippen molar-refractivity contribution in [3.63, 3.8) is 0 Å². The maximum absolute atomic E-state index is 12.5. The number of carbonyl (C=O) groups is 4. The summed E-state index contributed by atoms with van der Waals surface area (Å²) >= 11 is 0. The van der Waals surface area contributed by atoms with Crippen LogP contribution in [-0.2, 0) is 14.3 Å². The van der Waals surface area contributed by atoms with Gasteiger partial charge in [-0.15, -0.1) is 0 Å². The third kappa shape index (κ3) is 3.86. The molecule has 3 rings (SSSR count). The van der Waals surface area contributed by atoms with Crippen LogP contribution in [0.2, 0.25) is 0 Å². The first kappa shape index (κ1) is 18.7. The highest BCUT2D eigenvalue weighted by molar-refractivity contribution is 6.28. The summed E-state index contributed by atoms with van der Waals surface area (Å²) in [4.78, 5) is 48.9. The van der Waals surface area contributed by atoms with E-state index in [2.05, 4.69) is 0 Å². The molecule has 0 fully saturated rings. The fourth-order valence-corrected chi connectivity index (χ4v) is 2.66. The van der Waals surface area contributed by atoms with Crippen molar-refractivity contribution in [2.75, 3.05) is 26.4 Å². The number of ether oxygens (including phenoxy) is 2. The average molecular weight is 372 g/mol. The van der Waals surface area contributed by atoms with E-state index >= 15 is 0 Å². The first-order chi connectivity index (χ1) is 13.0. The second-order valence-electron chi connectivity index (χ2n) is 5.71. The van der Waals surface area contributed by atoms with Crippen LogP contribution in [0.4, 0.5) is 0 Å². The standard InChI is InChI=1S/C19H16O8/c20-5-6-25-7-8-26-16(22)10-14(21)15-9-13-17(23)11-3-1-2-4-12(11)18(24)19(13)27-15/h1-4,9,20H,5-8,10H2. The minimum Gasteiger partial charge on any atom is -0.463 e. The van der Waals surface area contributed by atoms with Gasteiger partial charge in [-0.2, -0.15) is 0 Å². The Labute approximate surface area is 153 Å². The Morgan fingerprint density at radius 1 is 0.963 bits per heavy atom. The largest absolute Gasteiger partial charge is 0.463 e. The fourth-order valence-electron chi connectivity index (χ4n) is 2.66. The summed E-state index contributed by atoms with van der Waals surface area (Å²) in [6.45, 7) is 0.0135. The molecule has 0 unspecified atom stereocenters. The molecule has 1 N–H and O–H groups in total. The number of benzene rings is 1. The van der Waals surface area contributed by atoms with Crippen LogP contribution in [0.3, 0.4) is 0 Å². The lowest BCUT2D eigenvalue weighted by Crippen LogP contribution is -2.18. The van der Waals surface area contributed by atoms with E-state index in [1.54, 1.807) is 12.1 Å². The van der Waals surface area contributed by atoms with Crippen LogP contribution < -0.4 is 0 Å². The molecule has 8 nitrogen and oxygen atoms in total. The molecule has 1 aromatic carbocycles. The van der Waals surface area contributed by atoms with Gasteiger partial charge in [0.1, 0.15) is 13.0 Å². The van der Waals surface area contributed by atoms with Gasteiger partial charge in [0.05, 0.1) is 25.4 Å². The molecule has 0 radical (unpaired) electrons. The summed E-state index contributed by atoms with van der Waals surface area (Å²) < 4.78 is 15.0. The van der Waals surface area contributed by atoms with Crippen molar-refractivity contribution in [2.24, 2.45) is 0 Å². The Morgan fingerprint density at radius 3 is 2.37 bits per heavy atom. The molecule has 2 aromatic rings. The second-order valence-corrected chi connectivity index (χ2v) is 5.71. The van der Waals surface area contributed by atoms with Gasteiger partial charge in [0.15, 0.2) is 17.3 Å². The monoisotopic (exact) mass is 372 g/mol. The quantitative estimate of drug-likeness (QED) is 0.271. The number of aliphatic hydroxyl groups is 1. The SMILES string of the molecule is O=C(CC(=O)c1cc2c(o1)C(=O)c1ccccc1C2=O)OCCOCCO. The van der Waals surface area contributed by atoms with Gasteiger partial charge in [-0.3, -0.25) is 19.2 Å². The molecule has 0 bridgehead atoms. The highest BCUT2D eigenvalue weighted by Crippen LogP contribution is 2.29. The molecule has 1 heterocycles. The number of furan rings is 1. The third-order valence-corrected chi connectivity index (χ3v) is 3.91. The Hall–Kier alpha value is -3.10. The zero-order chi connectivity index (χ0) is 19.4. The lowest BCUT2D eigenvalue weighted by Gasteiger charge is -2.11. The number of aliphatic hydroxyl groups excluding tert-OH is 1. The number of esters is 1. The Balaban J connectivity index is 1.67. The molecule has 0 amide bonds. The molecule has 27 heavy (non-hydrogen) atoms. The molecule has 1 aliphatic rings. The Morgan fingerprint density at radius 2 is 1.67 bits per heavy atom. The minimum atomic E-state index is -0.789. The molecule has 0 spiro atoms. The second kappa shape index (κ2) is 8.07. The van der Waals surface area contributed by atoms with Crippen LogP contribution >= 0.6 is 0 Å². The molecule has 0 saturated carbocycles. The van der Waals surface area contributed by atoms with Gasteiger partial charge in [0, 0.05) is 11.1 Å². The Bertz CT molecular complexity index is 856. The molecule has 1 aliphatic carbocycles. The van der Waals surface area contributed by atoms with Gasteiger partial charge in [-0.1, -0.05) is 24.3 Å². The van der Waals surface area contributed by atoms with Gasteiger partial charge in [0.25, 0.3) is 0 Å². The van der Waals surface area contributed by atoms with Crippen molar-refractivity contribution in [3.05, 3.63) is 58.5 Å². The summed E-state index contributed by atoms with van der Waals surface area (Å²) in [5.41, 5.74) is 0.468. The number of rotatable bonds is 8. The maximum Gasteiger partial charge on any atom is 0.313 e. The highest BCUT2D eigenvalue weighted by Gasteiger charge is 2.34. The van der Waals surface area contributed by atoms with Gasteiger partial charge in [0.2, 0.25) is 11.6 Å². The normalized spacial score (nSPS) is 12.5. The van der Waals surface area contributed by atoms with Crippen molar-refractivity contribution in [1.29, 1.82) is 0 Å². The minimum absolute atomic E-state index is 0.00724. The van der Waals surface area contributed by atoms with Gasteiger partial charge < -0.3 is 19.0 Å². The first-order valence-corrected chi connectivity index (χ1v) is 8.22. The number of ketones is 3. The first-order valence-electron chi connectivity index (χ1n) is 8.22. The van der Waals surface area contributed by atoms with Crippen LogP contribution in [0.25, 0.3) is 0 Å². The van der Waals surface area contributed by atoms with Crippen molar-refractivity contribution in [3.8, 4) is 0 Å². The zero-order valence-corrected chi connectivity index (χ0v) is 14.2. The van der Waals surface area contributed by atoms with Gasteiger partial charge in [-0.05, 0) is 6.07 Å². The molecule has 0 aliphatic heterocycles. The van der Waals surface area contributed by atoms with Crippen LogP contribution in [0.5, 0.6) is 0 Å². The predicted octanol–water partition coefficient (Wildman–Crippen LogP) is 1.18. The summed E-state index contributed by atoms with van der Waals surface area (Å²) in [5, 5.41) is 8.55.